The molecular formula is C16H20N2S. The van der Waals surface area contributed by atoms with Crippen molar-refractivity contribution in [2.45, 2.75) is 24.3 Å². The molecule has 0 amide bonds. The number of benzene rings is 2. The largest absolute Gasteiger partial charge is 0.271 e. The first-order valence-corrected chi connectivity index (χ1v) is 7.46. The molecule has 2 nitrogen and oxygen atoms in total. The molecule has 0 aromatic heterocycles. The molecule has 100 valence electrons. The first-order valence-electron chi connectivity index (χ1n) is 6.47. The molecular weight excluding hydrogens is 252 g/mol. The molecule has 19 heavy (non-hydrogen) atoms. The van der Waals surface area contributed by atoms with Crippen LogP contribution in [0.25, 0.3) is 0 Å². The van der Waals surface area contributed by atoms with Crippen LogP contribution in [0.1, 0.15) is 11.1 Å². The fourth-order valence-corrected chi connectivity index (χ4v) is 2.85. The van der Waals surface area contributed by atoms with Crippen LogP contribution in [-0.2, 0) is 6.42 Å². The van der Waals surface area contributed by atoms with Gasteiger partial charge in [0, 0.05) is 16.7 Å². The first kappa shape index (κ1) is 14.1. The Balaban J connectivity index is 1.88. The number of nitrogens with one attached hydrogen (secondary N) is 1. The summed E-state index contributed by atoms with van der Waals surface area (Å²) in [5, 5.41) is 0. The molecule has 0 aliphatic heterocycles. The van der Waals surface area contributed by atoms with Gasteiger partial charge in [-0.3, -0.25) is 11.3 Å². The summed E-state index contributed by atoms with van der Waals surface area (Å²) in [4.78, 5) is 1.28. The average molecular weight is 272 g/mol. The number of aryl methyl sites for hydroxylation is 1. The normalized spacial score (nSPS) is 12.3. The van der Waals surface area contributed by atoms with Crippen molar-refractivity contribution in [1.82, 2.24) is 5.43 Å². The topological polar surface area (TPSA) is 38.0 Å². The van der Waals surface area contributed by atoms with Crippen molar-refractivity contribution < 1.29 is 0 Å². The van der Waals surface area contributed by atoms with Gasteiger partial charge in [0.1, 0.15) is 0 Å². The van der Waals surface area contributed by atoms with E-state index in [4.69, 9.17) is 5.84 Å². The van der Waals surface area contributed by atoms with E-state index in [0.717, 1.165) is 12.2 Å². The van der Waals surface area contributed by atoms with Crippen LogP contribution in [0.3, 0.4) is 0 Å². The lowest BCUT2D eigenvalue weighted by Crippen LogP contribution is -2.38. The maximum Gasteiger partial charge on any atom is 0.0344 e. The predicted octanol–water partition coefficient (Wildman–Crippen LogP) is 3.16. The molecule has 0 aliphatic rings. The summed E-state index contributed by atoms with van der Waals surface area (Å²) in [6, 6.07) is 19.3. The number of nitrogens with two attached hydrogens (primary N) is 1. The van der Waals surface area contributed by atoms with Gasteiger partial charge in [-0.1, -0.05) is 48.0 Å². The highest BCUT2D eigenvalue weighted by atomic mass is 32.2. The Kier molecular flexibility index (Phi) is 5.45. The van der Waals surface area contributed by atoms with Crippen LogP contribution in [-0.4, -0.2) is 11.8 Å². The van der Waals surface area contributed by atoms with Gasteiger partial charge in [-0.15, -0.1) is 11.8 Å². The van der Waals surface area contributed by atoms with Crippen LogP contribution in [0.4, 0.5) is 0 Å². The van der Waals surface area contributed by atoms with E-state index < -0.39 is 0 Å². The molecule has 0 heterocycles. The Morgan fingerprint density at radius 1 is 1.05 bits per heavy atom. The molecule has 3 N–H and O–H groups in total. The van der Waals surface area contributed by atoms with E-state index in [2.05, 4.69) is 60.9 Å². The zero-order valence-electron chi connectivity index (χ0n) is 11.2. The van der Waals surface area contributed by atoms with Crippen LogP contribution >= 0.6 is 11.8 Å². The molecule has 1 unspecified atom stereocenters. The van der Waals surface area contributed by atoms with Gasteiger partial charge in [0.25, 0.3) is 0 Å². The molecule has 0 spiro atoms. The van der Waals surface area contributed by atoms with Crippen molar-refractivity contribution in [2.75, 3.05) is 5.75 Å². The zero-order chi connectivity index (χ0) is 13.5. The molecule has 2 aromatic rings. The van der Waals surface area contributed by atoms with Crippen LogP contribution in [0.2, 0.25) is 0 Å². The third-order valence-electron chi connectivity index (χ3n) is 3.03. The Labute approximate surface area is 119 Å². The van der Waals surface area contributed by atoms with Gasteiger partial charge in [0.05, 0.1) is 0 Å². The smallest absolute Gasteiger partial charge is 0.0344 e. The average Bonchev–Trinajstić information content (AvgIpc) is 2.46. The molecule has 1 atom stereocenters. The second kappa shape index (κ2) is 7.34. The molecule has 0 radical (unpaired) electrons. The van der Waals surface area contributed by atoms with E-state index in [1.54, 1.807) is 0 Å². The highest BCUT2D eigenvalue weighted by molar-refractivity contribution is 7.99. The fraction of sp³-hybridized carbons (Fsp3) is 0.250. The number of hydrazine groups is 1. The van der Waals surface area contributed by atoms with Crippen LogP contribution in [0.15, 0.2) is 59.5 Å². The minimum Gasteiger partial charge on any atom is -0.271 e. The highest BCUT2D eigenvalue weighted by Crippen LogP contribution is 2.19. The van der Waals surface area contributed by atoms with Crippen molar-refractivity contribution >= 4 is 11.8 Å². The van der Waals surface area contributed by atoms with Crippen molar-refractivity contribution in [3.63, 3.8) is 0 Å². The van der Waals surface area contributed by atoms with Gasteiger partial charge in [-0.25, -0.2) is 0 Å². The highest BCUT2D eigenvalue weighted by Gasteiger charge is 2.08. The second-order valence-electron chi connectivity index (χ2n) is 4.68. The molecule has 2 rings (SSSR count). The molecule has 3 heteroatoms. The maximum absolute atomic E-state index is 5.65. The Morgan fingerprint density at radius 3 is 2.37 bits per heavy atom. The first-order chi connectivity index (χ1) is 9.28. The molecule has 0 fully saturated rings. The van der Waals surface area contributed by atoms with Gasteiger partial charge >= 0.3 is 0 Å². The number of hydrogen-bond acceptors (Lipinski definition) is 3. The van der Waals surface area contributed by atoms with E-state index >= 15 is 0 Å². The van der Waals surface area contributed by atoms with Crippen LogP contribution < -0.4 is 11.3 Å². The van der Waals surface area contributed by atoms with Gasteiger partial charge in [-0.05, 0) is 31.0 Å². The Bertz CT molecular complexity index is 482. The number of rotatable bonds is 6. The predicted molar refractivity (Wildman–Crippen MR) is 83.2 cm³/mol. The summed E-state index contributed by atoms with van der Waals surface area (Å²) in [5.41, 5.74) is 5.53. The van der Waals surface area contributed by atoms with Gasteiger partial charge in [-0.2, -0.15) is 0 Å². The summed E-state index contributed by atoms with van der Waals surface area (Å²) < 4.78 is 0. The molecule has 0 saturated carbocycles. The lowest BCUT2D eigenvalue weighted by Gasteiger charge is -2.15. The van der Waals surface area contributed by atoms with E-state index in [1.165, 1.54) is 16.0 Å². The maximum atomic E-state index is 5.65. The lowest BCUT2D eigenvalue weighted by molar-refractivity contribution is 0.575. The summed E-state index contributed by atoms with van der Waals surface area (Å²) in [6.45, 7) is 2.10. The summed E-state index contributed by atoms with van der Waals surface area (Å²) in [6.07, 6.45) is 0.955. The van der Waals surface area contributed by atoms with Crippen molar-refractivity contribution in [3.8, 4) is 0 Å². The van der Waals surface area contributed by atoms with E-state index in [-0.39, 0.29) is 6.04 Å². The third kappa shape index (κ3) is 4.71. The standard InChI is InChI=1S/C16H20N2S/c1-13-7-9-14(10-8-13)11-15(18-17)12-19-16-5-3-2-4-6-16/h2-10,15,18H,11-12,17H2,1H3. The van der Waals surface area contributed by atoms with Gasteiger partial charge < -0.3 is 0 Å². The van der Waals surface area contributed by atoms with E-state index in [9.17, 15) is 0 Å². The van der Waals surface area contributed by atoms with Crippen LogP contribution in [0.5, 0.6) is 0 Å². The molecule has 0 bridgehead atoms. The second-order valence-corrected chi connectivity index (χ2v) is 5.77. The number of hydrogen-bond donors (Lipinski definition) is 2. The Hall–Kier alpha value is -1.29. The molecule has 2 aromatic carbocycles. The summed E-state index contributed by atoms with van der Waals surface area (Å²) >= 11 is 1.83. The van der Waals surface area contributed by atoms with Gasteiger partial charge in [0.2, 0.25) is 0 Å². The minimum atomic E-state index is 0.285. The summed E-state index contributed by atoms with van der Waals surface area (Å²) in [7, 11) is 0. The van der Waals surface area contributed by atoms with Crippen molar-refractivity contribution in [3.05, 3.63) is 65.7 Å². The Morgan fingerprint density at radius 2 is 1.74 bits per heavy atom. The minimum absolute atomic E-state index is 0.285. The SMILES string of the molecule is Cc1ccc(CC(CSc2ccccc2)NN)cc1. The number of thioether (sulfide) groups is 1. The summed E-state index contributed by atoms with van der Waals surface area (Å²) in [5.74, 6) is 6.62. The monoisotopic (exact) mass is 272 g/mol. The van der Waals surface area contributed by atoms with Crippen LogP contribution in [0, 0.1) is 6.92 Å². The lowest BCUT2D eigenvalue weighted by atomic mass is 10.1. The van der Waals surface area contributed by atoms with E-state index in [1.807, 2.05) is 17.8 Å². The quantitative estimate of drug-likeness (QED) is 0.482. The van der Waals surface area contributed by atoms with E-state index in [0.29, 0.717) is 0 Å². The van der Waals surface area contributed by atoms with Gasteiger partial charge in [0.15, 0.2) is 0 Å². The third-order valence-corrected chi connectivity index (χ3v) is 4.21. The molecule has 0 aliphatic carbocycles. The zero-order valence-corrected chi connectivity index (χ0v) is 12.0. The fourth-order valence-electron chi connectivity index (χ4n) is 1.89. The van der Waals surface area contributed by atoms with Crippen molar-refractivity contribution in [1.29, 1.82) is 0 Å². The van der Waals surface area contributed by atoms with Crippen molar-refractivity contribution in [2.24, 2.45) is 5.84 Å². The molecule has 0 saturated heterocycles.